The number of rotatable bonds is 3. The summed E-state index contributed by atoms with van der Waals surface area (Å²) in [6.45, 7) is 2.19. The molecule has 23 heavy (non-hydrogen) atoms. The van der Waals surface area contributed by atoms with E-state index in [0.717, 1.165) is 19.0 Å². The molecule has 0 saturated heterocycles. The van der Waals surface area contributed by atoms with Gasteiger partial charge in [0.05, 0.1) is 11.8 Å². The first kappa shape index (κ1) is 15.4. The molecule has 3 nitrogen and oxygen atoms in total. The summed E-state index contributed by atoms with van der Waals surface area (Å²) in [5, 5.41) is 2.72. The number of carbonyl (C=O) groups is 1. The van der Waals surface area contributed by atoms with Crippen LogP contribution in [0, 0.1) is 5.82 Å². The SMILES string of the molecule is CC1=C(c2ccc(NC(=O)c3ccncc3F)cc2)CCCC1. The van der Waals surface area contributed by atoms with Gasteiger partial charge in [0, 0.05) is 11.9 Å². The molecule has 118 valence electrons. The van der Waals surface area contributed by atoms with Gasteiger partial charge in [-0.2, -0.15) is 0 Å². The van der Waals surface area contributed by atoms with Crippen LogP contribution < -0.4 is 5.32 Å². The van der Waals surface area contributed by atoms with Crippen molar-refractivity contribution < 1.29 is 9.18 Å². The minimum atomic E-state index is -0.621. The fourth-order valence-electron chi connectivity index (χ4n) is 2.96. The zero-order chi connectivity index (χ0) is 16.2. The van der Waals surface area contributed by atoms with Crippen molar-refractivity contribution in [2.75, 3.05) is 5.32 Å². The summed E-state index contributed by atoms with van der Waals surface area (Å²) >= 11 is 0. The Labute approximate surface area is 135 Å². The topological polar surface area (TPSA) is 42.0 Å². The molecule has 0 radical (unpaired) electrons. The molecule has 1 N–H and O–H groups in total. The fraction of sp³-hybridized carbons (Fsp3) is 0.263. The summed E-state index contributed by atoms with van der Waals surface area (Å²) in [4.78, 5) is 15.7. The van der Waals surface area contributed by atoms with Crippen molar-refractivity contribution in [3.63, 3.8) is 0 Å². The van der Waals surface area contributed by atoms with Crippen LogP contribution in [0.3, 0.4) is 0 Å². The molecule has 0 fully saturated rings. The number of pyridine rings is 1. The first-order chi connectivity index (χ1) is 11.1. The van der Waals surface area contributed by atoms with E-state index in [9.17, 15) is 9.18 Å². The number of hydrogen-bond donors (Lipinski definition) is 1. The van der Waals surface area contributed by atoms with E-state index in [1.807, 2.05) is 24.3 Å². The normalized spacial score (nSPS) is 14.7. The molecule has 0 aliphatic heterocycles. The second-order valence-electron chi connectivity index (χ2n) is 5.85. The Morgan fingerprint density at radius 3 is 2.57 bits per heavy atom. The molecule has 1 aliphatic rings. The van der Waals surface area contributed by atoms with Crippen LogP contribution in [0.25, 0.3) is 5.57 Å². The van der Waals surface area contributed by atoms with E-state index >= 15 is 0 Å². The highest BCUT2D eigenvalue weighted by Crippen LogP contribution is 2.32. The van der Waals surface area contributed by atoms with Crippen LogP contribution >= 0.6 is 0 Å². The van der Waals surface area contributed by atoms with E-state index in [0.29, 0.717) is 5.69 Å². The number of allylic oxidation sites excluding steroid dienone is 2. The van der Waals surface area contributed by atoms with Crippen molar-refractivity contribution in [3.8, 4) is 0 Å². The third-order valence-electron chi connectivity index (χ3n) is 4.25. The Hall–Kier alpha value is -2.49. The molecule has 1 aliphatic carbocycles. The van der Waals surface area contributed by atoms with Gasteiger partial charge in [-0.05, 0) is 61.9 Å². The molecular formula is C19H19FN2O. The molecule has 0 saturated carbocycles. The monoisotopic (exact) mass is 310 g/mol. The molecule has 1 heterocycles. The Kier molecular flexibility index (Phi) is 4.51. The number of benzene rings is 1. The second kappa shape index (κ2) is 6.73. The summed E-state index contributed by atoms with van der Waals surface area (Å²) in [6, 6.07) is 9.13. The summed E-state index contributed by atoms with van der Waals surface area (Å²) in [5.41, 5.74) is 4.72. The van der Waals surface area contributed by atoms with Crippen LogP contribution in [-0.4, -0.2) is 10.9 Å². The molecule has 1 aromatic carbocycles. The van der Waals surface area contributed by atoms with Gasteiger partial charge in [0.1, 0.15) is 0 Å². The minimum absolute atomic E-state index is 0.00471. The number of amides is 1. The average molecular weight is 310 g/mol. The van der Waals surface area contributed by atoms with Crippen molar-refractivity contribution in [2.24, 2.45) is 0 Å². The highest BCUT2D eigenvalue weighted by molar-refractivity contribution is 6.04. The van der Waals surface area contributed by atoms with Crippen molar-refractivity contribution in [3.05, 3.63) is 65.2 Å². The number of nitrogens with one attached hydrogen (secondary N) is 1. The molecule has 0 atom stereocenters. The molecule has 4 heteroatoms. The lowest BCUT2D eigenvalue weighted by Crippen LogP contribution is -2.13. The van der Waals surface area contributed by atoms with Crippen molar-refractivity contribution in [1.82, 2.24) is 4.98 Å². The Bertz CT molecular complexity index is 750. The second-order valence-corrected chi connectivity index (χ2v) is 5.85. The minimum Gasteiger partial charge on any atom is -0.322 e. The van der Waals surface area contributed by atoms with Gasteiger partial charge in [-0.3, -0.25) is 9.78 Å². The third kappa shape index (κ3) is 3.47. The number of hydrogen-bond acceptors (Lipinski definition) is 2. The fourth-order valence-corrected chi connectivity index (χ4v) is 2.96. The molecule has 2 aromatic rings. The maximum absolute atomic E-state index is 13.6. The summed E-state index contributed by atoms with van der Waals surface area (Å²) < 4.78 is 13.6. The van der Waals surface area contributed by atoms with Crippen LogP contribution in [0.5, 0.6) is 0 Å². The molecule has 3 rings (SSSR count). The van der Waals surface area contributed by atoms with Gasteiger partial charge in [0.15, 0.2) is 5.82 Å². The van der Waals surface area contributed by atoms with Gasteiger partial charge in [-0.1, -0.05) is 17.7 Å². The quantitative estimate of drug-likeness (QED) is 0.883. The highest BCUT2D eigenvalue weighted by atomic mass is 19.1. The lowest BCUT2D eigenvalue weighted by Gasteiger charge is -2.18. The van der Waals surface area contributed by atoms with E-state index in [2.05, 4.69) is 17.2 Å². The van der Waals surface area contributed by atoms with Gasteiger partial charge >= 0.3 is 0 Å². The predicted octanol–water partition coefficient (Wildman–Crippen LogP) is 4.82. The number of halogens is 1. The highest BCUT2D eigenvalue weighted by Gasteiger charge is 2.13. The largest absolute Gasteiger partial charge is 0.322 e. The van der Waals surface area contributed by atoms with Crippen LogP contribution in [-0.2, 0) is 0 Å². The van der Waals surface area contributed by atoms with Crippen LogP contribution in [0.1, 0.15) is 48.5 Å². The van der Waals surface area contributed by atoms with Crippen LogP contribution in [0.15, 0.2) is 48.3 Å². The molecular weight excluding hydrogens is 291 g/mol. The lowest BCUT2D eigenvalue weighted by atomic mass is 9.88. The first-order valence-corrected chi connectivity index (χ1v) is 7.85. The molecule has 1 amide bonds. The van der Waals surface area contributed by atoms with Crippen molar-refractivity contribution >= 4 is 17.2 Å². The molecule has 0 spiro atoms. The maximum Gasteiger partial charge on any atom is 0.258 e. The number of anilines is 1. The van der Waals surface area contributed by atoms with E-state index in [-0.39, 0.29) is 5.56 Å². The van der Waals surface area contributed by atoms with Gasteiger partial charge in [0.25, 0.3) is 5.91 Å². The van der Waals surface area contributed by atoms with E-state index in [1.165, 1.54) is 41.8 Å². The van der Waals surface area contributed by atoms with Gasteiger partial charge < -0.3 is 5.32 Å². The maximum atomic E-state index is 13.6. The van der Waals surface area contributed by atoms with Gasteiger partial charge in [-0.15, -0.1) is 0 Å². The smallest absolute Gasteiger partial charge is 0.258 e. The lowest BCUT2D eigenvalue weighted by molar-refractivity contribution is 0.102. The van der Waals surface area contributed by atoms with Crippen LogP contribution in [0.2, 0.25) is 0 Å². The Morgan fingerprint density at radius 2 is 1.87 bits per heavy atom. The first-order valence-electron chi connectivity index (χ1n) is 7.85. The van der Waals surface area contributed by atoms with E-state index in [4.69, 9.17) is 0 Å². The summed E-state index contributed by atoms with van der Waals surface area (Å²) in [6.07, 6.45) is 7.21. The van der Waals surface area contributed by atoms with E-state index < -0.39 is 11.7 Å². The average Bonchev–Trinajstić information content (AvgIpc) is 2.56. The van der Waals surface area contributed by atoms with Gasteiger partial charge in [0.2, 0.25) is 0 Å². The number of aromatic nitrogens is 1. The number of nitrogens with zero attached hydrogens (tertiary/aromatic N) is 1. The summed E-state index contributed by atoms with van der Waals surface area (Å²) in [5.74, 6) is -1.09. The van der Waals surface area contributed by atoms with Crippen molar-refractivity contribution in [1.29, 1.82) is 0 Å². The van der Waals surface area contributed by atoms with Crippen LogP contribution in [0.4, 0.5) is 10.1 Å². The van der Waals surface area contributed by atoms with E-state index in [1.54, 1.807) is 0 Å². The number of carbonyl (C=O) groups excluding carboxylic acids is 1. The standard InChI is InChI=1S/C19H19FN2O/c1-13-4-2-3-5-16(13)14-6-8-15(9-7-14)22-19(23)17-10-11-21-12-18(17)20/h6-12H,2-5H2,1H3,(H,22,23). The third-order valence-corrected chi connectivity index (χ3v) is 4.25. The zero-order valence-electron chi connectivity index (χ0n) is 13.1. The summed E-state index contributed by atoms with van der Waals surface area (Å²) in [7, 11) is 0. The molecule has 0 unspecified atom stereocenters. The Balaban J connectivity index is 1.75. The predicted molar refractivity (Wildman–Crippen MR) is 89.7 cm³/mol. The zero-order valence-corrected chi connectivity index (χ0v) is 13.1. The van der Waals surface area contributed by atoms with Gasteiger partial charge in [-0.25, -0.2) is 4.39 Å². The van der Waals surface area contributed by atoms with Crippen molar-refractivity contribution in [2.45, 2.75) is 32.6 Å². The molecule has 1 aromatic heterocycles. The molecule has 0 bridgehead atoms. The Morgan fingerprint density at radius 1 is 1.13 bits per heavy atom.